The molecule has 202 valence electrons. The zero-order valence-electron chi connectivity index (χ0n) is 22.1. The van der Waals surface area contributed by atoms with E-state index in [4.69, 9.17) is 14.7 Å². The number of carbonyl (C=O) groups excluding carboxylic acids is 2. The van der Waals surface area contributed by atoms with Crippen LogP contribution in [0.15, 0.2) is 54.6 Å². The number of para-hydroxylation sites is 2. The summed E-state index contributed by atoms with van der Waals surface area (Å²) < 4.78 is 7.41. The Morgan fingerprint density at radius 3 is 2.49 bits per heavy atom. The molecule has 0 atom stereocenters. The van der Waals surface area contributed by atoms with Crippen LogP contribution >= 0.6 is 0 Å². The van der Waals surface area contributed by atoms with Crippen molar-refractivity contribution >= 4 is 51.7 Å². The molecule has 1 amide bonds. The van der Waals surface area contributed by atoms with Crippen LogP contribution in [0.1, 0.15) is 61.9 Å². The van der Waals surface area contributed by atoms with Crippen molar-refractivity contribution < 1.29 is 19.2 Å². The monoisotopic (exact) mass is 529 g/mol. The van der Waals surface area contributed by atoms with Gasteiger partial charge >= 0.3 is 5.97 Å². The van der Waals surface area contributed by atoms with Crippen LogP contribution in [0.4, 0.5) is 11.5 Å². The Balaban J connectivity index is 1.76. The first-order valence-electron chi connectivity index (χ1n) is 13.1. The second kappa shape index (κ2) is 12.8. The lowest BCUT2D eigenvalue weighted by Crippen LogP contribution is -2.17. The van der Waals surface area contributed by atoms with E-state index in [1.807, 2.05) is 24.3 Å². The number of nitro groups is 1. The maximum Gasteiger partial charge on any atom is 0.344 e. The van der Waals surface area contributed by atoms with Crippen molar-refractivity contribution in [2.24, 2.45) is 0 Å². The topological polar surface area (TPSA) is 129 Å². The predicted molar refractivity (Wildman–Crippen MR) is 151 cm³/mol. The minimum absolute atomic E-state index is 0.0745. The van der Waals surface area contributed by atoms with Crippen LogP contribution in [0.25, 0.3) is 28.3 Å². The molecular formula is C29H31N5O5. The normalized spacial score (nSPS) is 11.3. The Hall–Kier alpha value is -4.60. The van der Waals surface area contributed by atoms with Gasteiger partial charge in [0, 0.05) is 24.8 Å². The van der Waals surface area contributed by atoms with E-state index in [-0.39, 0.29) is 23.7 Å². The molecule has 0 unspecified atom stereocenters. The van der Waals surface area contributed by atoms with Crippen molar-refractivity contribution in [3.05, 3.63) is 75.8 Å². The third-order valence-corrected chi connectivity index (χ3v) is 6.22. The lowest BCUT2D eigenvalue weighted by Gasteiger charge is -2.11. The van der Waals surface area contributed by atoms with E-state index in [0.29, 0.717) is 34.3 Å². The number of nitrogens with zero attached hydrogens (tertiary/aromatic N) is 4. The summed E-state index contributed by atoms with van der Waals surface area (Å²) in [7, 11) is 0. The van der Waals surface area contributed by atoms with E-state index in [1.165, 1.54) is 24.3 Å². The number of amides is 1. The molecule has 2 heterocycles. The molecule has 2 aromatic carbocycles. The van der Waals surface area contributed by atoms with Crippen LogP contribution < -0.4 is 5.32 Å². The third kappa shape index (κ3) is 6.46. The maximum atomic E-state index is 13.4. The zero-order valence-corrected chi connectivity index (χ0v) is 22.1. The molecule has 4 aromatic rings. The molecule has 2 aromatic heterocycles. The number of nitro benzene ring substituents is 1. The number of hydrogen-bond acceptors (Lipinski definition) is 7. The summed E-state index contributed by atoms with van der Waals surface area (Å²) in [5.74, 6) is -0.816. The predicted octanol–water partition coefficient (Wildman–Crippen LogP) is 6.29. The number of ether oxygens (including phenoxy) is 1. The summed E-state index contributed by atoms with van der Waals surface area (Å²) in [6.45, 7) is 4.89. The molecule has 0 aliphatic rings. The molecule has 39 heavy (non-hydrogen) atoms. The second-order valence-corrected chi connectivity index (χ2v) is 9.13. The number of esters is 1. The van der Waals surface area contributed by atoms with E-state index in [0.717, 1.165) is 32.1 Å². The summed E-state index contributed by atoms with van der Waals surface area (Å²) >= 11 is 0. The molecule has 10 heteroatoms. The van der Waals surface area contributed by atoms with Crippen molar-refractivity contribution in [2.75, 3.05) is 11.9 Å². The molecule has 10 nitrogen and oxygen atoms in total. The van der Waals surface area contributed by atoms with E-state index < -0.39 is 16.8 Å². The SMILES string of the molecule is CCCCCOC(=O)c1c(NC(=O)C=Cc2cccc([N+](=O)[O-])c2)n(CCCC)c2nc3ccccc3nc12. The number of unbranched alkanes of at least 4 members (excludes halogenated alkanes) is 3. The fraction of sp³-hybridized carbons (Fsp3) is 0.310. The standard InChI is InChI=1S/C29H31N5O5/c1-3-5-9-18-39-29(36)25-26-28(31-23-14-8-7-13-22(23)30-26)33(17-6-4-2)27(25)32-24(35)16-15-20-11-10-12-21(19-20)34(37)38/h7-8,10-16,19H,3-6,9,17-18H2,1-2H3,(H,32,35). The minimum Gasteiger partial charge on any atom is -0.462 e. The summed E-state index contributed by atoms with van der Waals surface area (Å²) in [6.07, 6.45) is 7.08. The van der Waals surface area contributed by atoms with Gasteiger partial charge in [0.25, 0.3) is 5.69 Å². The molecule has 0 spiro atoms. The van der Waals surface area contributed by atoms with Crippen LogP contribution in [0.5, 0.6) is 0 Å². The number of aromatic nitrogens is 3. The summed E-state index contributed by atoms with van der Waals surface area (Å²) in [5.41, 5.74) is 2.73. The average molecular weight is 530 g/mol. The van der Waals surface area contributed by atoms with E-state index in [2.05, 4.69) is 19.2 Å². The van der Waals surface area contributed by atoms with Gasteiger partial charge in [0.1, 0.15) is 16.9 Å². The Kier molecular flexibility index (Phi) is 8.98. The third-order valence-electron chi connectivity index (χ3n) is 6.22. The van der Waals surface area contributed by atoms with E-state index in [1.54, 1.807) is 16.7 Å². The van der Waals surface area contributed by atoms with Gasteiger partial charge in [-0.3, -0.25) is 14.9 Å². The minimum atomic E-state index is -0.575. The van der Waals surface area contributed by atoms with E-state index >= 15 is 0 Å². The molecule has 0 aliphatic carbocycles. The van der Waals surface area contributed by atoms with Gasteiger partial charge in [-0.05, 0) is 36.6 Å². The Morgan fingerprint density at radius 1 is 1.03 bits per heavy atom. The smallest absolute Gasteiger partial charge is 0.344 e. The van der Waals surface area contributed by atoms with Gasteiger partial charge < -0.3 is 14.6 Å². The number of aryl methyl sites for hydroxylation is 1. The molecular weight excluding hydrogens is 498 g/mol. The second-order valence-electron chi connectivity index (χ2n) is 9.13. The van der Waals surface area contributed by atoms with Crippen LogP contribution in [0.2, 0.25) is 0 Å². The summed E-state index contributed by atoms with van der Waals surface area (Å²) in [5, 5.41) is 13.9. The lowest BCUT2D eigenvalue weighted by atomic mass is 10.2. The number of anilines is 1. The van der Waals surface area contributed by atoms with Gasteiger partial charge in [-0.25, -0.2) is 14.8 Å². The number of hydrogen-bond donors (Lipinski definition) is 1. The number of rotatable bonds is 12. The fourth-order valence-electron chi connectivity index (χ4n) is 4.22. The van der Waals surface area contributed by atoms with Crippen LogP contribution in [-0.4, -0.2) is 37.9 Å². The van der Waals surface area contributed by atoms with Crippen molar-refractivity contribution in [1.29, 1.82) is 0 Å². The number of nitrogens with one attached hydrogen (secondary N) is 1. The first-order chi connectivity index (χ1) is 18.9. The maximum absolute atomic E-state index is 13.4. The van der Waals surface area contributed by atoms with Crippen molar-refractivity contribution in [3.8, 4) is 0 Å². The van der Waals surface area contributed by atoms with Crippen molar-refractivity contribution in [1.82, 2.24) is 14.5 Å². The molecule has 0 radical (unpaired) electrons. The molecule has 0 fully saturated rings. The van der Waals surface area contributed by atoms with Gasteiger partial charge in [0.2, 0.25) is 5.91 Å². The zero-order chi connectivity index (χ0) is 27.8. The average Bonchev–Trinajstić information content (AvgIpc) is 3.23. The van der Waals surface area contributed by atoms with Gasteiger partial charge in [-0.1, -0.05) is 57.4 Å². The van der Waals surface area contributed by atoms with Gasteiger partial charge in [0.15, 0.2) is 5.65 Å². The highest BCUT2D eigenvalue weighted by Gasteiger charge is 2.27. The van der Waals surface area contributed by atoms with E-state index in [9.17, 15) is 19.7 Å². The van der Waals surface area contributed by atoms with Gasteiger partial charge in [-0.15, -0.1) is 0 Å². The first kappa shape index (κ1) is 27.4. The van der Waals surface area contributed by atoms with Crippen molar-refractivity contribution in [3.63, 3.8) is 0 Å². The van der Waals surface area contributed by atoms with Crippen LogP contribution in [0.3, 0.4) is 0 Å². The molecule has 0 saturated carbocycles. The number of fused-ring (bicyclic) bond motifs is 2. The molecule has 0 bridgehead atoms. The largest absolute Gasteiger partial charge is 0.462 e. The van der Waals surface area contributed by atoms with Gasteiger partial charge in [0.05, 0.1) is 22.6 Å². The Morgan fingerprint density at radius 2 is 1.77 bits per heavy atom. The number of non-ortho nitro benzene ring substituents is 1. The van der Waals surface area contributed by atoms with Gasteiger partial charge in [-0.2, -0.15) is 0 Å². The highest BCUT2D eigenvalue weighted by molar-refractivity contribution is 6.13. The highest BCUT2D eigenvalue weighted by atomic mass is 16.6. The quantitative estimate of drug-likeness (QED) is 0.0750. The Bertz CT molecular complexity index is 1540. The fourth-order valence-corrected chi connectivity index (χ4v) is 4.22. The summed E-state index contributed by atoms with van der Waals surface area (Å²) in [4.78, 5) is 46.6. The van der Waals surface area contributed by atoms with Crippen LogP contribution in [0, 0.1) is 10.1 Å². The summed E-state index contributed by atoms with van der Waals surface area (Å²) in [6, 6.07) is 13.4. The lowest BCUT2D eigenvalue weighted by molar-refractivity contribution is -0.384. The molecule has 0 saturated heterocycles. The highest BCUT2D eigenvalue weighted by Crippen LogP contribution is 2.31. The first-order valence-corrected chi connectivity index (χ1v) is 13.1. The Labute approximate surface area is 225 Å². The number of benzene rings is 2. The molecule has 0 aliphatic heterocycles. The number of carbonyl (C=O) groups is 2. The molecule has 1 N–H and O–H groups in total. The van der Waals surface area contributed by atoms with Crippen LogP contribution in [-0.2, 0) is 16.1 Å². The molecule has 4 rings (SSSR count). The van der Waals surface area contributed by atoms with Crippen molar-refractivity contribution in [2.45, 2.75) is 52.5 Å².